The van der Waals surface area contributed by atoms with Crippen molar-refractivity contribution in [3.8, 4) is 5.75 Å². The molecule has 4 rings (SSSR count). The average Bonchev–Trinajstić information content (AvgIpc) is 2.84. The van der Waals surface area contributed by atoms with Crippen LogP contribution in [0.5, 0.6) is 5.75 Å². The second-order valence-electron chi connectivity index (χ2n) is 7.49. The van der Waals surface area contributed by atoms with E-state index in [9.17, 15) is 13.2 Å². The van der Waals surface area contributed by atoms with Crippen LogP contribution in [0.1, 0.15) is 10.4 Å². The van der Waals surface area contributed by atoms with Crippen molar-refractivity contribution in [2.75, 3.05) is 64.5 Å². The molecule has 0 unspecified atom stereocenters. The highest BCUT2D eigenvalue weighted by Crippen LogP contribution is 2.27. The second kappa shape index (κ2) is 9.25. The van der Waals surface area contributed by atoms with E-state index < -0.39 is 10.0 Å². The van der Waals surface area contributed by atoms with Crippen molar-refractivity contribution >= 4 is 21.6 Å². The standard InChI is InChI=1S/C22H27N3O5S/c1-29-21-8-7-19(31(27,28)25-13-15-30-16-14-25)17-20(21)22(26)24-11-9-23(10-12-24)18-5-3-2-4-6-18/h2-8,17H,9-16H2,1H3. The molecule has 2 aliphatic heterocycles. The van der Waals surface area contributed by atoms with E-state index in [0.29, 0.717) is 58.2 Å². The monoisotopic (exact) mass is 445 g/mol. The molecule has 2 aliphatic rings. The molecule has 166 valence electrons. The van der Waals surface area contributed by atoms with Crippen LogP contribution in [0.2, 0.25) is 0 Å². The molecule has 0 spiro atoms. The van der Waals surface area contributed by atoms with Gasteiger partial charge in [-0.05, 0) is 30.3 Å². The van der Waals surface area contributed by atoms with E-state index in [1.54, 1.807) is 11.0 Å². The Balaban J connectivity index is 1.53. The van der Waals surface area contributed by atoms with E-state index in [2.05, 4.69) is 17.0 Å². The minimum Gasteiger partial charge on any atom is -0.496 e. The summed E-state index contributed by atoms with van der Waals surface area (Å²) in [5.41, 5.74) is 1.40. The first kappa shape index (κ1) is 21.6. The SMILES string of the molecule is COc1ccc(S(=O)(=O)N2CCOCC2)cc1C(=O)N1CCN(c2ccccc2)CC1. The van der Waals surface area contributed by atoms with Crippen LogP contribution in [0.25, 0.3) is 0 Å². The van der Waals surface area contributed by atoms with Gasteiger partial charge in [-0.3, -0.25) is 4.79 Å². The molecule has 2 saturated heterocycles. The zero-order valence-electron chi connectivity index (χ0n) is 17.6. The van der Waals surface area contributed by atoms with Crippen molar-refractivity contribution in [1.82, 2.24) is 9.21 Å². The zero-order chi connectivity index (χ0) is 21.8. The number of amides is 1. The third kappa shape index (κ3) is 4.53. The number of hydrogen-bond donors (Lipinski definition) is 0. The maximum Gasteiger partial charge on any atom is 0.257 e. The third-order valence-corrected chi connectivity index (χ3v) is 7.59. The van der Waals surface area contributed by atoms with Crippen LogP contribution in [0.15, 0.2) is 53.4 Å². The summed E-state index contributed by atoms with van der Waals surface area (Å²) in [5, 5.41) is 0. The summed E-state index contributed by atoms with van der Waals surface area (Å²) in [5.74, 6) is 0.153. The van der Waals surface area contributed by atoms with Gasteiger partial charge in [0.25, 0.3) is 5.91 Å². The molecule has 31 heavy (non-hydrogen) atoms. The molecule has 2 fully saturated rings. The Bertz CT molecular complexity index is 1010. The number of rotatable bonds is 5. The predicted molar refractivity (Wildman–Crippen MR) is 117 cm³/mol. The van der Waals surface area contributed by atoms with Crippen molar-refractivity contribution in [2.45, 2.75) is 4.90 Å². The van der Waals surface area contributed by atoms with Gasteiger partial charge < -0.3 is 19.3 Å². The third-order valence-electron chi connectivity index (χ3n) is 5.70. The van der Waals surface area contributed by atoms with E-state index >= 15 is 0 Å². The number of carbonyl (C=O) groups excluding carboxylic acids is 1. The fourth-order valence-electron chi connectivity index (χ4n) is 3.93. The number of ether oxygens (including phenoxy) is 2. The van der Waals surface area contributed by atoms with Crippen molar-refractivity contribution in [3.05, 3.63) is 54.1 Å². The predicted octanol–water partition coefficient (Wildman–Crippen LogP) is 1.68. The van der Waals surface area contributed by atoms with E-state index in [1.807, 2.05) is 18.2 Å². The second-order valence-corrected chi connectivity index (χ2v) is 9.43. The van der Waals surface area contributed by atoms with Crippen LogP contribution in [-0.2, 0) is 14.8 Å². The lowest BCUT2D eigenvalue weighted by Crippen LogP contribution is -2.48. The maximum absolute atomic E-state index is 13.3. The first-order valence-electron chi connectivity index (χ1n) is 10.4. The van der Waals surface area contributed by atoms with Gasteiger partial charge in [0.2, 0.25) is 10.0 Å². The van der Waals surface area contributed by atoms with E-state index in [4.69, 9.17) is 9.47 Å². The number of hydrogen-bond acceptors (Lipinski definition) is 6. The highest BCUT2D eigenvalue weighted by atomic mass is 32.2. The van der Waals surface area contributed by atoms with E-state index in [1.165, 1.54) is 23.5 Å². The van der Waals surface area contributed by atoms with Crippen LogP contribution in [-0.4, -0.2) is 83.1 Å². The van der Waals surface area contributed by atoms with Crippen LogP contribution >= 0.6 is 0 Å². The van der Waals surface area contributed by atoms with Crippen LogP contribution < -0.4 is 9.64 Å². The largest absolute Gasteiger partial charge is 0.496 e. The van der Waals surface area contributed by atoms with E-state index in [-0.39, 0.29) is 16.4 Å². The van der Waals surface area contributed by atoms with Gasteiger partial charge in [-0.15, -0.1) is 0 Å². The van der Waals surface area contributed by atoms with Crippen molar-refractivity contribution in [3.63, 3.8) is 0 Å². The number of carbonyl (C=O) groups is 1. The van der Waals surface area contributed by atoms with Crippen molar-refractivity contribution < 1.29 is 22.7 Å². The highest BCUT2D eigenvalue weighted by Gasteiger charge is 2.30. The van der Waals surface area contributed by atoms with Gasteiger partial charge in [0.1, 0.15) is 5.75 Å². The molecule has 8 nitrogen and oxygen atoms in total. The Hall–Kier alpha value is -2.62. The fraction of sp³-hybridized carbons (Fsp3) is 0.409. The van der Waals surface area contributed by atoms with Gasteiger partial charge >= 0.3 is 0 Å². The summed E-state index contributed by atoms with van der Waals surface area (Å²) in [4.78, 5) is 17.4. The van der Waals surface area contributed by atoms with Gasteiger partial charge in [0.15, 0.2) is 0 Å². The Morgan fingerprint density at radius 1 is 0.935 bits per heavy atom. The average molecular weight is 446 g/mol. The molecular formula is C22H27N3O5S. The molecule has 2 aromatic rings. The number of morpholine rings is 1. The number of sulfonamides is 1. The smallest absolute Gasteiger partial charge is 0.257 e. The summed E-state index contributed by atoms with van der Waals surface area (Å²) >= 11 is 0. The first-order valence-corrected chi connectivity index (χ1v) is 11.8. The number of benzene rings is 2. The lowest BCUT2D eigenvalue weighted by Gasteiger charge is -2.36. The molecule has 0 bridgehead atoms. The van der Waals surface area contributed by atoms with Crippen molar-refractivity contribution in [1.29, 1.82) is 0 Å². The lowest BCUT2D eigenvalue weighted by atomic mass is 10.1. The molecule has 0 N–H and O–H groups in total. The van der Waals surface area contributed by atoms with Crippen LogP contribution in [0.4, 0.5) is 5.69 Å². The quantitative estimate of drug-likeness (QED) is 0.697. The summed E-state index contributed by atoms with van der Waals surface area (Å²) in [7, 11) is -2.22. The number of para-hydroxylation sites is 1. The van der Waals surface area contributed by atoms with E-state index in [0.717, 1.165) is 5.69 Å². The molecular weight excluding hydrogens is 418 g/mol. The minimum atomic E-state index is -3.70. The topological polar surface area (TPSA) is 79.4 Å². The minimum absolute atomic E-state index is 0.0986. The molecule has 0 aromatic heterocycles. The lowest BCUT2D eigenvalue weighted by molar-refractivity contribution is 0.0728. The fourth-order valence-corrected chi connectivity index (χ4v) is 5.36. The number of anilines is 1. The first-order chi connectivity index (χ1) is 15.0. The van der Waals surface area contributed by atoms with Gasteiger partial charge in [-0.2, -0.15) is 4.31 Å². The molecule has 0 radical (unpaired) electrons. The molecule has 0 atom stereocenters. The summed E-state index contributed by atoms with van der Waals surface area (Å²) in [6.45, 7) is 3.88. The Morgan fingerprint density at radius 2 is 1.61 bits per heavy atom. The molecule has 0 aliphatic carbocycles. The molecule has 0 saturated carbocycles. The molecule has 1 amide bonds. The summed E-state index contributed by atoms with van der Waals surface area (Å²) < 4.78 is 38.1. The number of piperazine rings is 1. The van der Waals surface area contributed by atoms with Gasteiger partial charge in [0.05, 0.1) is 30.8 Å². The molecule has 2 aromatic carbocycles. The van der Waals surface area contributed by atoms with Crippen LogP contribution in [0, 0.1) is 0 Å². The Labute approximate surface area is 183 Å². The number of methoxy groups -OCH3 is 1. The Kier molecular flexibility index (Phi) is 6.45. The maximum atomic E-state index is 13.3. The number of nitrogens with zero attached hydrogens (tertiary/aromatic N) is 3. The van der Waals surface area contributed by atoms with Gasteiger partial charge in [-0.1, -0.05) is 18.2 Å². The Morgan fingerprint density at radius 3 is 2.26 bits per heavy atom. The molecule has 9 heteroatoms. The van der Waals surface area contributed by atoms with Gasteiger partial charge in [-0.25, -0.2) is 8.42 Å². The van der Waals surface area contributed by atoms with Crippen molar-refractivity contribution in [2.24, 2.45) is 0 Å². The normalized spacial score (nSPS) is 18.1. The zero-order valence-corrected chi connectivity index (χ0v) is 18.4. The van der Waals surface area contributed by atoms with Crippen LogP contribution in [0.3, 0.4) is 0 Å². The summed E-state index contributed by atoms with van der Waals surface area (Å²) in [6.07, 6.45) is 0. The molecule has 2 heterocycles. The highest BCUT2D eigenvalue weighted by molar-refractivity contribution is 7.89. The summed E-state index contributed by atoms with van der Waals surface area (Å²) in [6, 6.07) is 14.6. The van der Waals surface area contributed by atoms with Gasteiger partial charge in [0, 0.05) is 45.0 Å².